The van der Waals surface area contributed by atoms with Crippen LogP contribution in [0.4, 0.5) is 0 Å². The monoisotopic (exact) mass is 247 g/mol. The minimum atomic E-state index is 0.378. The Bertz CT molecular complexity index is 360. The van der Waals surface area contributed by atoms with Gasteiger partial charge >= 0.3 is 0 Å². The lowest BCUT2D eigenvalue weighted by Gasteiger charge is -2.18. The first-order valence-electron chi connectivity index (χ1n) is 7.26. The molecule has 1 saturated carbocycles. The van der Waals surface area contributed by atoms with Gasteiger partial charge in [-0.1, -0.05) is 31.5 Å². The normalized spacial score (nSPS) is 16.6. The third-order valence-corrected chi connectivity index (χ3v) is 3.55. The molecule has 0 heterocycles. The summed E-state index contributed by atoms with van der Waals surface area (Å²) in [6, 6.07) is 8.78. The van der Waals surface area contributed by atoms with Crippen molar-refractivity contribution in [3.8, 4) is 5.75 Å². The van der Waals surface area contributed by atoms with Crippen LogP contribution in [0.2, 0.25) is 0 Å². The molecular formula is C16H25NO. The molecule has 0 amide bonds. The second kappa shape index (κ2) is 6.79. The minimum Gasteiger partial charge on any atom is -0.493 e. The van der Waals surface area contributed by atoms with Crippen LogP contribution in [0.15, 0.2) is 24.3 Å². The summed E-state index contributed by atoms with van der Waals surface area (Å²) in [4.78, 5) is 0. The van der Waals surface area contributed by atoms with Gasteiger partial charge in [0.05, 0.1) is 6.61 Å². The molecule has 1 unspecified atom stereocenters. The highest BCUT2D eigenvalue weighted by molar-refractivity contribution is 5.35. The number of hydrogen-bond donors (Lipinski definition) is 1. The molecule has 2 nitrogen and oxygen atoms in total. The van der Waals surface area contributed by atoms with Crippen molar-refractivity contribution in [1.29, 1.82) is 0 Å². The standard InChI is InChI=1S/C16H25NO/c1-3-4-11-18-16-8-6-5-7-15(16)13(2)17-12-14-9-10-14/h5-8,13-14,17H,3-4,9-12H2,1-2H3. The van der Waals surface area contributed by atoms with Gasteiger partial charge in [-0.25, -0.2) is 0 Å². The Balaban J connectivity index is 1.91. The summed E-state index contributed by atoms with van der Waals surface area (Å²) in [5.74, 6) is 1.96. The Hall–Kier alpha value is -1.02. The van der Waals surface area contributed by atoms with Crippen molar-refractivity contribution in [3.05, 3.63) is 29.8 Å². The molecule has 1 fully saturated rings. The van der Waals surface area contributed by atoms with E-state index in [0.717, 1.165) is 31.2 Å². The van der Waals surface area contributed by atoms with Crippen LogP contribution in [0.25, 0.3) is 0 Å². The van der Waals surface area contributed by atoms with Gasteiger partial charge in [-0.3, -0.25) is 0 Å². The number of para-hydroxylation sites is 1. The molecule has 1 aromatic carbocycles. The maximum Gasteiger partial charge on any atom is 0.124 e. The van der Waals surface area contributed by atoms with E-state index >= 15 is 0 Å². The molecule has 1 aliphatic carbocycles. The number of ether oxygens (including phenoxy) is 1. The fourth-order valence-electron chi connectivity index (χ4n) is 2.07. The maximum absolute atomic E-state index is 5.88. The third kappa shape index (κ3) is 4.02. The largest absolute Gasteiger partial charge is 0.493 e. The molecule has 1 aromatic rings. The predicted octanol–water partition coefficient (Wildman–Crippen LogP) is 3.93. The Morgan fingerprint density at radius 3 is 2.83 bits per heavy atom. The fraction of sp³-hybridized carbons (Fsp3) is 0.625. The first-order valence-corrected chi connectivity index (χ1v) is 7.26. The highest BCUT2D eigenvalue weighted by atomic mass is 16.5. The van der Waals surface area contributed by atoms with Gasteiger partial charge in [0.2, 0.25) is 0 Å². The van der Waals surface area contributed by atoms with Gasteiger partial charge in [0, 0.05) is 11.6 Å². The number of benzene rings is 1. The van der Waals surface area contributed by atoms with Gasteiger partial charge in [-0.15, -0.1) is 0 Å². The van der Waals surface area contributed by atoms with Gasteiger partial charge < -0.3 is 10.1 Å². The van der Waals surface area contributed by atoms with Crippen molar-refractivity contribution in [2.75, 3.05) is 13.2 Å². The molecule has 1 aliphatic rings. The SMILES string of the molecule is CCCCOc1ccccc1C(C)NCC1CC1. The molecule has 2 rings (SSSR count). The van der Waals surface area contributed by atoms with Gasteiger partial charge in [0.25, 0.3) is 0 Å². The van der Waals surface area contributed by atoms with Gasteiger partial charge in [0.1, 0.15) is 5.75 Å². The highest BCUT2D eigenvalue weighted by Crippen LogP contribution is 2.30. The van der Waals surface area contributed by atoms with Crippen LogP contribution in [0.5, 0.6) is 5.75 Å². The van der Waals surface area contributed by atoms with E-state index in [2.05, 4.69) is 43.4 Å². The summed E-state index contributed by atoms with van der Waals surface area (Å²) in [7, 11) is 0. The Morgan fingerprint density at radius 1 is 1.33 bits per heavy atom. The first kappa shape index (κ1) is 13.4. The summed E-state index contributed by atoms with van der Waals surface area (Å²) in [5.41, 5.74) is 1.29. The van der Waals surface area contributed by atoms with E-state index in [4.69, 9.17) is 4.74 Å². The minimum absolute atomic E-state index is 0.378. The van der Waals surface area contributed by atoms with Crippen LogP contribution in [0.1, 0.15) is 51.1 Å². The summed E-state index contributed by atoms with van der Waals surface area (Å²) in [5, 5.41) is 3.61. The Kier molecular flexibility index (Phi) is 5.06. The zero-order valence-corrected chi connectivity index (χ0v) is 11.6. The van der Waals surface area contributed by atoms with Crippen molar-refractivity contribution < 1.29 is 4.74 Å². The maximum atomic E-state index is 5.88. The van der Waals surface area contributed by atoms with Crippen LogP contribution >= 0.6 is 0 Å². The van der Waals surface area contributed by atoms with Crippen molar-refractivity contribution in [1.82, 2.24) is 5.32 Å². The van der Waals surface area contributed by atoms with Crippen LogP contribution in [-0.2, 0) is 0 Å². The number of nitrogens with one attached hydrogen (secondary N) is 1. The molecule has 0 radical (unpaired) electrons. The lowest BCUT2D eigenvalue weighted by molar-refractivity contribution is 0.303. The molecule has 1 N–H and O–H groups in total. The fourth-order valence-corrected chi connectivity index (χ4v) is 2.07. The number of unbranched alkanes of at least 4 members (excludes halogenated alkanes) is 1. The van der Waals surface area contributed by atoms with Gasteiger partial charge in [-0.2, -0.15) is 0 Å². The Labute approximate surface area is 111 Å². The van der Waals surface area contributed by atoms with Crippen molar-refractivity contribution in [2.45, 2.75) is 45.6 Å². The van der Waals surface area contributed by atoms with E-state index in [1.165, 1.54) is 24.8 Å². The molecule has 0 spiro atoms. The molecule has 100 valence electrons. The van der Waals surface area contributed by atoms with Gasteiger partial charge in [-0.05, 0) is 44.7 Å². The van der Waals surface area contributed by atoms with Crippen LogP contribution in [0, 0.1) is 5.92 Å². The van der Waals surface area contributed by atoms with Crippen molar-refractivity contribution >= 4 is 0 Å². The quantitative estimate of drug-likeness (QED) is 0.703. The lowest BCUT2D eigenvalue weighted by atomic mass is 10.1. The van der Waals surface area contributed by atoms with Crippen molar-refractivity contribution in [2.24, 2.45) is 5.92 Å². The molecule has 2 heteroatoms. The molecule has 0 bridgehead atoms. The zero-order valence-electron chi connectivity index (χ0n) is 11.6. The van der Waals surface area contributed by atoms with Gasteiger partial charge in [0.15, 0.2) is 0 Å². The van der Waals surface area contributed by atoms with E-state index in [1.807, 2.05) is 0 Å². The number of rotatable bonds is 8. The van der Waals surface area contributed by atoms with E-state index in [0.29, 0.717) is 6.04 Å². The lowest BCUT2D eigenvalue weighted by Crippen LogP contribution is -2.21. The third-order valence-electron chi connectivity index (χ3n) is 3.55. The van der Waals surface area contributed by atoms with Crippen molar-refractivity contribution in [3.63, 3.8) is 0 Å². The molecule has 1 atom stereocenters. The molecular weight excluding hydrogens is 222 g/mol. The summed E-state index contributed by atoms with van der Waals surface area (Å²) in [6.45, 7) is 6.38. The Morgan fingerprint density at radius 2 is 2.11 bits per heavy atom. The van der Waals surface area contributed by atoms with Crippen LogP contribution in [0.3, 0.4) is 0 Å². The van der Waals surface area contributed by atoms with E-state index in [-0.39, 0.29) is 0 Å². The summed E-state index contributed by atoms with van der Waals surface area (Å²) < 4.78 is 5.88. The van der Waals surface area contributed by atoms with Crippen LogP contribution in [-0.4, -0.2) is 13.2 Å². The first-order chi connectivity index (χ1) is 8.81. The van der Waals surface area contributed by atoms with E-state index < -0.39 is 0 Å². The summed E-state index contributed by atoms with van der Waals surface area (Å²) >= 11 is 0. The van der Waals surface area contributed by atoms with E-state index in [9.17, 15) is 0 Å². The topological polar surface area (TPSA) is 21.3 Å². The molecule has 0 aliphatic heterocycles. The second-order valence-corrected chi connectivity index (χ2v) is 5.31. The average molecular weight is 247 g/mol. The zero-order chi connectivity index (χ0) is 12.8. The smallest absolute Gasteiger partial charge is 0.124 e. The number of hydrogen-bond acceptors (Lipinski definition) is 2. The highest BCUT2D eigenvalue weighted by Gasteiger charge is 2.22. The van der Waals surface area contributed by atoms with E-state index in [1.54, 1.807) is 0 Å². The molecule has 18 heavy (non-hydrogen) atoms. The predicted molar refractivity (Wildman–Crippen MR) is 76.0 cm³/mol. The average Bonchev–Trinajstić information content (AvgIpc) is 3.21. The van der Waals surface area contributed by atoms with Crippen LogP contribution < -0.4 is 10.1 Å². The summed E-state index contributed by atoms with van der Waals surface area (Å²) in [6.07, 6.45) is 5.10. The second-order valence-electron chi connectivity index (χ2n) is 5.31. The molecule has 0 saturated heterocycles. The molecule has 0 aromatic heterocycles.